The van der Waals surface area contributed by atoms with E-state index < -0.39 is 0 Å². The number of hydrogen-bond acceptors (Lipinski definition) is 3. The van der Waals surface area contributed by atoms with Gasteiger partial charge in [0.15, 0.2) is 0 Å². The fourth-order valence-electron chi connectivity index (χ4n) is 2.79. The second-order valence-electron chi connectivity index (χ2n) is 4.72. The molecule has 0 aromatic carbocycles. The molecule has 4 heteroatoms. The Balaban J connectivity index is 2.06. The number of likely N-dealkylation sites (N-methyl/N-ethyl adjacent to an activating group) is 1. The fourth-order valence-corrected chi connectivity index (χ4v) is 2.79. The number of nitrogens with zero attached hydrogens (tertiary/aromatic N) is 1. The van der Waals surface area contributed by atoms with E-state index in [1.807, 2.05) is 7.05 Å². The SMILES string of the molecule is CNCCN1C(=O)C2CC(C)CC2C1=O. The van der Waals surface area contributed by atoms with Gasteiger partial charge in [-0.05, 0) is 25.8 Å². The third-order valence-electron chi connectivity index (χ3n) is 3.55. The first-order valence-corrected chi connectivity index (χ1v) is 5.65. The summed E-state index contributed by atoms with van der Waals surface area (Å²) in [5, 5.41) is 2.96. The molecule has 1 saturated carbocycles. The molecule has 1 heterocycles. The Labute approximate surface area is 90.0 Å². The largest absolute Gasteiger partial charge is 0.318 e. The maximum atomic E-state index is 11.9. The number of likely N-dealkylation sites (tertiary alicyclic amines) is 1. The first-order valence-electron chi connectivity index (χ1n) is 5.65. The highest BCUT2D eigenvalue weighted by Crippen LogP contribution is 2.42. The molecule has 0 bridgehead atoms. The highest BCUT2D eigenvalue weighted by molar-refractivity contribution is 6.05. The lowest BCUT2D eigenvalue weighted by Crippen LogP contribution is -2.37. The Hall–Kier alpha value is -0.900. The molecule has 15 heavy (non-hydrogen) atoms. The minimum atomic E-state index is -0.00986. The van der Waals surface area contributed by atoms with Gasteiger partial charge in [0.2, 0.25) is 11.8 Å². The van der Waals surface area contributed by atoms with Crippen molar-refractivity contribution in [1.29, 1.82) is 0 Å². The van der Waals surface area contributed by atoms with Gasteiger partial charge < -0.3 is 5.32 Å². The maximum Gasteiger partial charge on any atom is 0.233 e. The van der Waals surface area contributed by atoms with E-state index in [2.05, 4.69) is 12.2 Å². The number of hydrogen-bond donors (Lipinski definition) is 1. The number of carbonyl (C=O) groups excluding carboxylic acids is 2. The van der Waals surface area contributed by atoms with Crippen molar-refractivity contribution in [3.8, 4) is 0 Å². The highest BCUT2D eigenvalue weighted by atomic mass is 16.2. The monoisotopic (exact) mass is 210 g/mol. The van der Waals surface area contributed by atoms with Crippen LogP contribution in [0.4, 0.5) is 0 Å². The van der Waals surface area contributed by atoms with Gasteiger partial charge in [0.05, 0.1) is 11.8 Å². The predicted molar refractivity (Wildman–Crippen MR) is 56.0 cm³/mol. The summed E-state index contributed by atoms with van der Waals surface area (Å²) >= 11 is 0. The normalized spacial score (nSPS) is 35.1. The molecule has 4 nitrogen and oxygen atoms in total. The van der Waals surface area contributed by atoms with Crippen molar-refractivity contribution in [3.63, 3.8) is 0 Å². The summed E-state index contributed by atoms with van der Waals surface area (Å²) in [6.45, 7) is 3.33. The van der Waals surface area contributed by atoms with Crippen LogP contribution in [-0.2, 0) is 9.59 Å². The van der Waals surface area contributed by atoms with Crippen molar-refractivity contribution in [3.05, 3.63) is 0 Å². The zero-order valence-corrected chi connectivity index (χ0v) is 9.32. The summed E-state index contributed by atoms with van der Waals surface area (Å²) in [5.41, 5.74) is 0. The topological polar surface area (TPSA) is 49.4 Å². The quantitative estimate of drug-likeness (QED) is 0.679. The van der Waals surface area contributed by atoms with E-state index in [1.165, 1.54) is 4.90 Å². The van der Waals surface area contributed by atoms with E-state index in [4.69, 9.17) is 0 Å². The van der Waals surface area contributed by atoms with Gasteiger partial charge in [0.25, 0.3) is 0 Å². The number of carbonyl (C=O) groups is 2. The third-order valence-corrected chi connectivity index (χ3v) is 3.55. The van der Waals surface area contributed by atoms with E-state index in [0.717, 1.165) is 12.8 Å². The Morgan fingerprint density at radius 2 is 1.80 bits per heavy atom. The van der Waals surface area contributed by atoms with Gasteiger partial charge in [-0.3, -0.25) is 14.5 Å². The average Bonchev–Trinajstić information content (AvgIpc) is 2.67. The number of imide groups is 1. The van der Waals surface area contributed by atoms with Gasteiger partial charge in [-0.1, -0.05) is 6.92 Å². The van der Waals surface area contributed by atoms with Crippen molar-refractivity contribution in [1.82, 2.24) is 10.2 Å². The average molecular weight is 210 g/mol. The van der Waals surface area contributed by atoms with Crippen LogP contribution in [0.15, 0.2) is 0 Å². The first kappa shape index (κ1) is 10.6. The smallest absolute Gasteiger partial charge is 0.233 e. The Bertz CT molecular complexity index is 266. The molecule has 1 N–H and O–H groups in total. The Morgan fingerprint density at radius 3 is 2.27 bits per heavy atom. The van der Waals surface area contributed by atoms with E-state index in [9.17, 15) is 9.59 Å². The zero-order valence-electron chi connectivity index (χ0n) is 9.32. The molecule has 2 amide bonds. The summed E-state index contributed by atoms with van der Waals surface area (Å²) < 4.78 is 0. The molecule has 0 spiro atoms. The molecule has 84 valence electrons. The standard InChI is InChI=1S/C11H18N2O2/c1-7-5-8-9(6-7)11(15)13(10(8)14)4-3-12-2/h7-9,12H,3-6H2,1-2H3. The molecule has 0 aromatic rings. The van der Waals surface area contributed by atoms with Gasteiger partial charge in [0, 0.05) is 13.1 Å². The minimum absolute atomic E-state index is 0.00986. The number of rotatable bonds is 3. The van der Waals surface area contributed by atoms with Gasteiger partial charge >= 0.3 is 0 Å². The van der Waals surface area contributed by atoms with Crippen molar-refractivity contribution in [2.45, 2.75) is 19.8 Å². The third kappa shape index (κ3) is 1.67. The summed E-state index contributed by atoms with van der Waals surface area (Å²) in [6.07, 6.45) is 1.79. The van der Waals surface area contributed by atoms with Gasteiger partial charge in [-0.2, -0.15) is 0 Å². The number of fused-ring (bicyclic) bond motifs is 1. The molecule has 1 saturated heterocycles. The van der Waals surface area contributed by atoms with Crippen molar-refractivity contribution < 1.29 is 9.59 Å². The highest BCUT2D eigenvalue weighted by Gasteiger charge is 2.51. The predicted octanol–water partition coefficient (Wildman–Crippen LogP) is 0.237. The molecule has 2 atom stereocenters. The molecule has 1 aliphatic heterocycles. The van der Waals surface area contributed by atoms with Crippen LogP contribution in [-0.4, -0.2) is 36.9 Å². The van der Waals surface area contributed by atoms with Crippen LogP contribution in [0.5, 0.6) is 0 Å². The molecule has 0 radical (unpaired) electrons. The Kier molecular flexibility index (Phi) is 2.78. The van der Waals surface area contributed by atoms with E-state index in [1.54, 1.807) is 0 Å². The summed E-state index contributed by atoms with van der Waals surface area (Å²) in [4.78, 5) is 25.3. The van der Waals surface area contributed by atoms with E-state index >= 15 is 0 Å². The van der Waals surface area contributed by atoms with Crippen LogP contribution in [0.2, 0.25) is 0 Å². The van der Waals surface area contributed by atoms with Crippen molar-refractivity contribution >= 4 is 11.8 Å². The maximum absolute atomic E-state index is 11.9. The molecule has 2 fully saturated rings. The molecule has 2 unspecified atom stereocenters. The van der Waals surface area contributed by atoms with Crippen LogP contribution in [0.3, 0.4) is 0 Å². The number of nitrogens with one attached hydrogen (secondary N) is 1. The lowest BCUT2D eigenvalue weighted by Gasteiger charge is -2.16. The molecule has 1 aliphatic carbocycles. The summed E-state index contributed by atoms with van der Waals surface area (Å²) in [7, 11) is 1.83. The minimum Gasteiger partial charge on any atom is -0.318 e. The zero-order chi connectivity index (χ0) is 11.0. The molecule has 2 aliphatic rings. The van der Waals surface area contributed by atoms with E-state index in [-0.39, 0.29) is 23.7 Å². The molecular weight excluding hydrogens is 192 g/mol. The van der Waals surface area contributed by atoms with E-state index in [0.29, 0.717) is 19.0 Å². The second kappa shape index (κ2) is 3.93. The van der Waals surface area contributed by atoms with Gasteiger partial charge in [-0.25, -0.2) is 0 Å². The van der Waals surface area contributed by atoms with Crippen LogP contribution in [0.1, 0.15) is 19.8 Å². The van der Waals surface area contributed by atoms with Crippen molar-refractivity contribution in [2.75, 3.05) is 20.1 Å². The lowest BCUT2D eigenvalue weighted by atomic mass is 10.00. The molecular formula is C11H18N2O2. The van der Waals surface area contributed by atoms with Gasteiger partial charge in [-0.15, -0.1) is 0 Å². The van der Waals surface area contributed by atoms with Crippen LogP contribution in [0, 0.1) is 17.8 Å². The van der Waals surface area contributed by atoms with Crippen molar-refractivity contribution in [2.24, 2.45) is 17.8 Å². The fraction of sp³-hybridized carbons (Fsp3) is 0.818. The van der Waals surface area contributed by atoms with Crippen LogP contribution in [0.25, 0.3) is 0 Å². The van der Waals surface area contributed by atoms with Crippen LogP contribution < -0.4 is 5.32 Å². The molecule has 0 aromatic heterocycles. The second-order valence-corrected chi connectivity index (χ2v) is 4.72. The number of amides is 2. The first-order chi connectivity index (χ1) is 7.15. The summed E-state index contributed by atoms with van der Waals surface area (Å²) in [5.74, 6) is 0.627. The molecule has 2 rings (SSSR count). The Morgan fingerprint density at radius 1 is 1.27 bits per heavy atom. The summed E-state index contributed by atoms with van der Waals surface area (Å²) in [6, 6.07) is 0. The van der Waals surface area contributed by atoms with Crippen LogP contribution >= 0.6 is 0 Å². The van der Waals surface area contributed by atoms with Gasteiger partial charge in [0.1, 0.15) is 0 Å². The lowest BCUT2D eigenvalue weighted by molar-refractivity contribution is -0.140.